The molecule has 0 radical (unpaired) electrons. The maximum absolute atomic E-state index is 6.16. The van der Waals surface area contributed by atoms with Gasteiger partial charge in [0.2, 0.25) is 0 Å². The average molecular weight is 299 g/mol. The van der Waals surface area contributed by atoms with Crippen molar-refractivity contribution in [2.45, 2.75) is 13.3 Å². The molecule has 0 atom stereocenters. The van der Waals surface area contributed by atoms with Crippen molar-refractivity contribution in [3.05, 3.63) is 102 Å². The zero-order valence-electron chi connectivity index (χ0n) is 13.4. The number of hydrogen-bond acceptors (Lipinski definition) is 1. The van der Waals surface area contributed by atoms with Gasteiger partial charge in [0, 0.05) is 12.1 Å². The second kappa shape index (κ2) is 6.97. The highest BCUT2D eigenvalue weighted by Gasteiger charge is 2.10. The van der Waals surface area contributed by atoms with Crippen LogP contribution in [0.15, 0.2) is 84.9 Å². The molecular formula is C22H21N. The number of anilines is 1. The number of para-hydroxylation sites is 1. The van der Waals surface area contributed by atoms with Gasteiger partial charge in [0.1, 0.15) is 0 Å². The van der Waals surface area contributed by atoms with Crippen molar-refractivity contribution in [1.29, 1.82) is 0 Å². The average Bonchev–Trinajstić information content (AvgIpc) is 2.62. The molecule has 2 N–H and O–H groups in total. The van der Waals surface area contributed by atoms with Crippen LogP contribution in [-0.4, -0.2) is 0 Å². The van der Waals surface area contributed by atoms with Crippen molar-refractivity contribution >= 4 is 16.8 Å². The Bertz CT molecular complexity index is 802. The lowest BCUT2D eigenvalue weighted by Gasteiger charge is -2.15. The molecule has 0 amide bonds. The maximum atomic E-state index is 6.16. The van der Waals surface area contributed by atoms with E-state index in [0.717, 1.165) is 12.1 Å². The summed E-state index contributed by atoms with van der Waals surface area (Å²) >= 11 is 0. The fourth-order valence-corrected chi connectivity index (χ4v) is 2.84. The van der Waals surface area contributed by atoms with Crippen molar-refractivity contribution < 1.29 is 0 Å². The van der Waals surface area contributed by atoms with Crippen LogP contribution in [0, 0.1) is 0 Å². The van der Waals surface area contributed by atoms with Gasteiger partial charge in [-0.2, -0.15) is 0 Å². The Hall–Kier alpha value is -2.80. The number of nitrogens with two attached hydrogens (primary N) is 1. The maximum Gasteiger partial charge on any atom is 0.0349 e. The van der Waals surface area contributed by atoms with E-state index < -0.39 is 0 Å². The summed E-state index contributed by atoms with van der Waals surface area (Å²) < 4.78 is 0. The first-order valence-corrected chi connectivity index (χ1v) is 7.89. The van der Waals surface area contributed by atoms with Gasteiger partial charge in [0.05, 0.1) is 0 Å². The fraction of sp³-hybridized carbons (Fsp3) is 0.0909. The SMILES string of the molecule is C/C(=C(\Cc1ccccc1N)c1ccccc1)c1ccccc1. The van der Waals surface area contributed by atoms with Crippen molar-refractivity contribution in [3.63, 3.8) is 0 Å². The van der Waals surface area contributed by atoms with Gasteiger partial charge >= 0.3 is 0 Å². The third-order valence-corrected chi connectivity index (χ3v) is 4.20. The molecule has 0 aromatic heterocycles. The highest BCUT2D eigenvalue weighted by atomic mass is 14.6. The Kier molecular flexibility index (Phi) is 4.58. The van der Waals surface area contributed by atoms with Crippen LogP contribution in [0.2, 0.25) is 0 Å². The van der Waals surface area contributed by atoms with E-state index in [1.54, 1.807) is 0 Å². The van der Waals surface area contributed by atoms with Crippen LogP contribution in [0.4, 0.5) is 5.69 Å². The van der Waals surface area contributed by atoms with E-state index in [0.29, 0.717) is 0 Å². The zero-order valence-corrected chi connectivity index (χ0v) is 13.4. The first kappa shape index (κ1) is 15.1. The lowest BCUT2D eigenvalue weighted by molar-refractivity contribution is 1.28. The van der Waals surface area contributed by atoms with Gasteiger partial charge in [0.25, 0.3) is 0 Å². The van der Waals surface area contributed by atoms with Crippen LogP contribution in [-0.2, 0) is 6.42 Å². The second-order valence-corrected chi connectivity index (χ2v) is 5.71. The van der Waals surface area contributed by atoms with E-state index in [-0.39, 0.29) is 0 Å². The minimum absolute atomic E-state index is 0.831. The Morgan fingerprint density at radius 2 is 1.22 bits per heavy atom. The van der Waals surface area contributed by atoms with Crippen LogP contribution >= 0.6 is 0 Å². The summed E-state index contributed by atoms with van der Waals surface area (Å²) in [5.41, 5.74) is 13.3. The van der Waals surface area contributed by atoms with E-state index >= 15 is 0 Å². The molecular weight excluding hydrogens is 278 g/mol. The normalized spacial score (nSPS) is 11.9. The zero-order chi connectivity index (χ0) is 16.1. The molecule has 3 aromatic rings. The topological polar surface area (TPSA) is 26.0 Å². The Morgan fingerprint density at radius 3 is 1.83 bits per heavy atom. The highest BCUT2D eigenvalue weighted by Crippen LogP contribution is 2.30. The van der Waals surface area contributed by atoms with E-state index in [1.807, 2.05) is 24.3 Å². The summed E-state index contributed by atoms with van der Waals surface area (Å²) in [5, 5.41) is 0. The third kappa shape index (κ3) is 3.51. The van der Waals surface area contributed by atoms with Crippen molar-refractivity contribution in [1.82, 2.24) is 0 Å². The molecule has 0 heterocycles. The highest BCUT2D eigenvalue weighted by molar-refractivity contribution is 5.91. The second-order valence-electron chi connectivity index (χ2n) is 5.71. The monoisotopic (exact) mass is 299 g/mol. The molecule has 0 fully saturated rings. The number of nitrogen functional groups attached to an aromatic ring is 1. The smallest absolute Gasteiger partial charge is 0.0349 e. The molecule has 0 saturated heterocycles. The number of hydrogen-bond donors (Lipinski definition) is 1. The van der Waals surface area contributed by atoms with Gasteiger partial charge in [-0.15, -0.1) is 0 Å². The first-order valence-electron chi connectivity index (χ1n) is 7.89. The molecule has 0 aliphatic rings. The van der Waals surface area contributed by atoms with Gasteiger partial charge in [-0.25, -0.2) is 0 Å². The molecule has 3 aromatic carbocycles. The molecule has 1 nitrogen and oxygen atoms in total. The van der Waals surface area contributed by atoms with Crippen LogP contribution in [0.1, 0.15) is 23.6 Å². The van der Waals surface area contributed by atoms with Gasteiger partial charge in [-0.05, 0) is 40.8 Å². The Labute approximate surface area is 138 Å². The van der Waals surface area contributed by atoms with Crippen LogP contribution in [0.5, 0.6) is 0 Å². The molecule has 23 heavy (non-hydrogen) atoms. The van der Waals surface area contributed by atoms with Gasteiger partial charge < -0.3 is 5.73 Å². The molecule has 0 bridgehead atoms. The molecule has 114 valence electrons. The third-order valence-electron chi connectivity index (χ3n) is 4.20. The number of rotatable bonds is 4. The van der Waals surface area contributed by atoms with E-state index in [2.05, 4.69) is 67.6 Å². The summed E-state index contributed by atoms with van der Waals surface area (Å²) in [7, 11) is 0. The number of allylic oxidation sites excluding steroid dienone is 2. The molecule has 0 spiro atoms. The lowest BCUT2D eigenvalue weighted by Crippen LogP contribution is -1.98. The van der Waals surface area contributed by atoms with Crippen molar-refractivity contribution in [3.8, 4) is 0 Å². The Balaban J connectivity index is 2.10. The molecule has 0 aliphatic carbocycles. The summed E-state index contributed by atoms with van der Waals surface area (Å²) in [6.07, 6.45) is 0.831. The van der Waals surface area contributed by atoms with Crippen LogP contribution in [0.3, 0.4) is 0 Å². The predicted molar refractivity (Wildman–Crippen MR) is 99.9 cm³/mol. The van der Waals surface area contributed by atoms with Crippen molar-refractivity contribution in [2.75, 3.05) is 5.73 Å². The molecule has 0 saturated carbocycles. The van der Waals surface area contributed by atoms with E-state index in [9.17, 15) is 0 Å². The van der Waals surface area contributed by atoms with Gasteiger partial charge in [-0.1, -0.05) is 78.9 Å². The minimum atomic E-state index is 0.831. The molecule has 3 rings (SSSR count). The Morgan fingerprint density at radius 1 is 0.696 bits per heavy atom. The van der Waals surface area contributed by atoms with E-state index in [1.165, 1.54) is 27.8 Å². The van der Waals surface area contributed by atoms with Crippen molar-refractivity contribution in [2.24, 2.45) is 0 Å². The van der Waals surface area contributed by atoms with Gasteiger partial charge in [0.15, 0.2) is 0 Å². The first-order chi connectivity index (χ1) is 11.3. The molecule has 0 unspecified atom stereocenters. The summed E-state index contributed by atoms with van der Waals surface area (Å²) in [6, 6.07) is 29.2. The molecule has 1 heteroatoms. The standard InChI is InChI=1S/C22H21N/c1-17(18-10-4-2-5-11-18)21(19-12-6-3-7-13-19)16-20-14-8-9-15-22(20)23/h2-15H,16,23H2,1H3/b21-17-. The summed E-state index contributed by atoms with van der Waals surface area (Å²) in [4.78, 5) is 0. The predicted octanol–water partition coefficient (Wildman–Crippen LogP) is 5.44. The largest absolute Gasteiger partial charge is 0.398 e. The van der Waals surface area contributed by atoms with Crippen LogP contribution in [0.25, 0.3) is 11.1 Å². The van der Waals surface area contributed by atoms with Gasteiger partial charge in [-0.3, -0.25) is 0 Å². The summed E-state index contributed by atoms with van der Waals surface area (Å²) in [5.74, 6) is 0. The molecule has 0 aliphatic heterocycles. The minimum Gasteiger partial charge on any atom is -0.398 e. The fourth-order valence-electron chi connectivity index (χ4n) is 2.84. The lowest BCUT2D eigenvalue weighted by atomic mass is 9.90. The number of benzene rings is 3. The summed E-state index contributed by atoms with van der Waals surface area (Å²) in [6.45, 7) is 2.19. The van der Waals surface area contributed by atoms with Crippen LogP contribution < -0.4 is 5.73 Å². The quantitative estimate of drug-likeness (QED) is 0.503. The van der Waals surface area contributed by atoms with E-state index in [4.69, 9.17) is 5.73 Å².